The van der Waals surface area contributed by atoms with Gasteiger partial charge in [0.25, 0.3) is 0 Å². The maximum atomic E-state index is 10.8. The van der Waals surface area contributed by atoms with Crippen LogP contribution >= 0.6 is 23.2 Å². The number of halogens is 2. The number of aryl methyl sites for hydroxylation is 1. The second-order valence-corrected chi connectivity index (χ2v) is 4.36. The zero-order valence-corrected chi connectivity index (χ0v) is 10.7. The smallest absolute Gasteiger partial charge is 0.185 e. The van der Waals surface area contributed by atoms with Gasteiger partial charge in [-0.15, -0.1) is 0 Å². The van der Waals surface area contributed by atoms with Gasteiger partial charge in [-0.25, -0.2) is 4.98 Å². The molecule has 5 heteroatoms. The molecule has 1 aromatic heterocycles. The maximum absolute atomic E-state index is 10.8. The molecule has 0 amide bonds. The molecule has 0 unspecified atom stereocenters. The first kappa shape index (κ1) is 12.1. The van der Waals surface area contributed by atoms with Gasteiger partial charge in [-0.1, -0.05) is 23.2 Å². The Bertz CT molecular complexity index is 564. The minimum absolute atomic E-state index is 0.397. The summed E-state index contributed by atoms with van der Waals surface area (Å²) in [4.78, 5) is 15.1. The first-order chi connectivity index (χ1) is 8.15. The van der Waals surface area contributed by atoms with Gasteiger partial charge in [0.2, 0.25) is 0 Å². The first-order valence-electron chi connectivity index (χ1n) is 5.13. The molecule has 0 radical (unpaired) electrons. The molecule has 17 heavy (non-hydrogen) atoms. The van der Waals surface area contributed by atoms with Crippen LogP contribution in [0.15, 0.2) is 24.4 Å². The molecule has 2 rings (SSSR count). The molecule has 0 aliphatic heterocycles. The zero-order chi connectivity index (χ0) is 12.4. The summed E-state index contributed by atoms with van der Waals surface area (Å²) in [5.74, 6) is 0.397. The first-order valence-corrected chi connectivity index (χ1v) is 5.89. The fourth-order valence-electron chi connectivity index (χ4n) is 1.60. The lowest BCUT2D eigenvalue weighted by Gasteiger charge is -2.00. The fourth-order valence-corrected chi connectivity index (χ4v) is 2.11. The van der Waals surface area contributed by atoms with E-state index in [1.54, 1.807) is 29.0 Å². The lowest BCUT2D eigenvalue weighted by molar-refractivity contribution is 0.111. The van der Waals surface area contributed by atoms with Gasteiger partial charge in [-0.3, -0.25) is 4.79 Å². The topological polar surface area (TPSA) is 34.9 Å². The Morgan fingerprint density at radius 3 is 2.71 bits per heavy atom. The number of aromatic nitrogens is 2. The van der Waals surface area contributed by atoms with Crippen molar-refractivity contribution in [3.05, 3.63) is 40.3 Å². The van der Waals surface area contributed by atoms with Gasteiger partial charge >= 0.3 is 0 Å². The van der Waals surface area contributed by atoms with Gasteiger partial charge in [-0.2, -0.15) is 0 Å². The minimum atomic E-state index is 0.397. The Morgan fingerprint density at radius 2 is 2.18 bits per heavy atom. The minimum Gasteiger partial charge on any atom is -0.328 e. The van der Waals surface area contributed by atoms with Crippen molar-refractivity contribution in [1.29, 1.82) is 0 Å². The molecule has 0 aliphatic rings. The summed E-state index contributed by atoms with van der Waals surface area (Å²) in [7, 11) is 0. The number of aldehydes is 1. The highest BCUT2D eigenvalue weighted by Gasteiger charge is 2.10. The molecule has 0 saturated heterocycles. The fraction of sp³-hybridized carbons (Fsp3) is 0.167. The van der Waals surface area contributed by atoms with Crippen LogP contribution in [0.5, 0.6) is 0 Å². The summed E-state index contributed by atoms with van der Waals surface area (Å²) in [6.07, 6.45) is 2.54. The summed E-state index contributed by atoms with van der Waals surface area (Å²) in [5.41, 5.74) is 1.45. The van der Waals surface area contributed by atoms with Gasteiger partial charge in [0.15, 0.2) is 12.1 Å². The van der Waals surface area contributed by atoms with Crippen LogP contribution < -0.4 is 0 Å². The maximum Gasteiger partial charge on any atom is 0.185 e. The number of imidazole rings is 1. The van der Waals surface area contributed by atoms with Crippen molar-refractivity contribution in [2.24, 2.45) is 0 Å². The van der Waals surface area contributed by atoms with E-state index in [4.69, 9.17) is 23.2 Å². The molecule has 2 aromatic rings. The van der Waals surface area contributed by atoms with Crippen LogP contribution in [0, 0.1) is 0 Å². The molecule has 0 bridgehead atoms. The van der Waals surface area contributed by atoms with E-state index in [2.05, 4.69) is 4.98 Å². The Hall–Kier alpha value is -1.32. The van der Waals surface area contributed by atoms with E-state index in [9.17, 15) is 4.79 Å². The van der Waals surface area contributed by atoms with Crippen molar-refractivity contribution in [3.8, 4) is 11.3 Å². The lowest BCUT2D eigenvalue weighted by Crippen LogP contribution is -1.98. The summed E-state index contributed by atoms with van der Waals surface area (Å²) in [6.45, 7) is 2.63. The van der Waals surface area contributed by atoms with Crippen LogP contribution in [0.2, 0.25) is 10.0 Å². The average Bonchev–Trinajstić information content (AvgIpc) is 2.72. The number of carbonyl (C=O) groups is 1. The van der Waals surface area contributed by atoms with Crippen LogP contribution in [-0.2, 0) is 6.54 Å². The van der Waals surface area contributed by atoms with Crippen LogP contribution in [0.25, 0.3) is 11.3 Å². The molecule has 0 spiro atoms. The Kier molecular flexibility index (Phi) is 3.50. The Labute approximate surface area is 109 Å². The molecule has 0 atom stereocenters. The molecule has 1 aromatic carbocycles. The van der Waals surface area contributed by atoms with Crippen molar-refractivity contribution in [2.45, 2.75) is 13.5 Å². The Balaban J connectivity index is 2.52. The van der Waals surface area contributed by atoms with Crippen molar-refractivity contribution in [1.82, 2.24) is 9.55 Å². The Morgan fingerprint density at radius 1 is 1.41 bits per heavy atom. The average molecular weight is 269 g/mol. The highest BCUT2D eigenvalue weighted by Crippen LogP contribution is 2.29. The molecule has 3 nitrogen and oxygen atoms in total. The molecule has 88 valence electrons. The van der Waals surface area contributed by atoms with E-state index in [1.807, 2.05) is 6.92 Å². The van der Waals surface area contributed by atoms with Crippen molar-refractivity contribution in [3.63, 3.8) is 0 Å². The van der Waals surface area contributed by atoms with E-state index < -0.39 is 0 Å². The third-order valence-corrected chi connectivity index (χ3v) is 3.01. The monoisotopic (exact) mass is 268 g/mol. The van der Waals surface area contributed by atoms with Gasteiger partial charge in [0, 0.05) is 23.3 Å². The predicted molar refractivity (Wildman–Crippen MR) is 68.7 cm³/mol. The lowest BCUT2D eigenvalue weighted by atomic mass is 10.2. The number of benzene rings is 1. The second-order valence-electron chi connectivity index (χ2n) is 3.51. The number of hydrogen-bond donors (Lipinski definition) is 0. The molecule has 0 saturated carbocycles. The van der Waals surface area contributed by atoms with Crippen molar-refractivity contribution < 1.29 is 4.79 Å². The quantitative estimate of drug-likeness (QED) is 0.796. The normalized spacial score (nSPS) is 10.5. The molecular weight excluding hydrogens is 259 g/mol. The number of nitrogens with zero attached hydrogens (tertiary/aromatic N) is 2. The van der Waals surface area contributed by atoms with Crippen LogP contribution in [0.3, 0.4) is 0 Å². The third-order valence-electron chi connectivity index (χ3n) is 2.46. The van der Waals surface area contributed by atoms with E-state index in [0.717, 1.165) is 11.8 Å². The molecule has 1 heterocycles. The summed E-state index contributed by atoms with van der Waals surface area (Å²) in [6, 6.07) is 5.19. The van der Waals surface area contributed by atoms with Gasteiger partial charge in [0.05, 0.1) is 10.7 Å². The van der Waals surface area contributed by atoms with Crippen LogP contribution in [0.1, 0.15) is 17.5 Å². The molecular formula is C12H10Cl2N2O. The number of rotatable bonds is 3. The SMILES string of the molecule is CCn1cc(-c2ccc(Cl)cc2Cl)nc1C=O. The standard InChI is InChI=1S/C12H10Cl2N2O/c1-2-16-6-11(15-12(16)7-17)9-4-3-8(13)5-10(9)14/h3-7H,2H2,1H3. The molecule has 0 N–H and O–H groups in total. The number of hydrogen-bond acceptors (Lipinski definition) is 2. The van der Waals surface area contributed by atoms with E-state index in [1.165, 1.54) is 0 Å². The highest BCUT2D eigenvalue weighted by molar-refractivity contribution is 6.36. The van der Waals surface area contributed by atoms with Gasteiger partial charge in [-0.05, 0) is 25.1 Å². The van der Waals surface area contributed by atoms with Crippen LogP contribution in [0.4, 0.5) is 0 Å². The summed E-state index contributed by atoms with van der Waals surface area (Å²) < 4.78 is 1.77. The summed E-state index contributed by atoms with van der Waals surface area (Å²) in [5, 5.41) is 1.10. The highest BCUT2D eigenvalue weighted by atomic mass is 35.5. The second kappa shape index (κ2) is 4.90. The van der Waals surface area contributed by atoms with E-state index in [-0.39, 0.29) is 0 Å². The molecule has 0 aliphatic carbocycles. The molecule has 0 fully saturated rings. The predicted octanol–water partition coefficient (Wildman–Crippen LogP) is 3.69. The number of carbonyl (C=O) groups excluding carboxylic acids is 1. The zero-order valence-electron chi connectivity index (χ0n) is 9.15. The van der Waals surface area contributed by atoms with E-state index >= 15 is 0 Å². The van der Waals surface area contributed by atoms with Gasteiger partial charge < -0.3 is 4.57 Å². The van der Waals surface area contributed by atoms with Crippen molar-refractivity contribution >= 4 is 29.5 Å². The van der Waals surface area contributed by atoms with Crippen molar-refractivity contribution in [2.75, 3.05) is 0 Å². The van der Waals surface area contributed by atoms with Gasteiger partial charge in [0.1, 0.15) is 0 Å². The van der Waals surface area contributed by atoms with E-state index in [0.29, 0.717) is 28.1 Å². The largest absolute Gasteiger partial charge is 0.328 e. The van der Waals surface area contributed by atoms with Crippen LogP contribution in [-0.4, -0.2) is 15.8 Å². The third kappa shape index (κ3) is 2.35. The summed E-state index contributed by atoms with van der Waals surface area (Å²) >= 11 is 11.9.